The fourth-order valence-corrected chi connectivity index (χ4v) is 2.56. The number of nitrogens with one attached hydrogen (secondary N) is 1. The minimum atomic E-state index is -0.0851. The number of benzene rings is 2. The zero-order valence-corrected chi connectivity index (χ0v) is 15.0. The van der Waals surface area contributed by atoms with Crippen LogP contribution in [0.15, 0.2) is 54.6 Å². The first-order chi connectivity index (χ1) is 11.4. The Labute approximate surface area is 145 Å². The van der Waals surface area contributed by atoms with Gasteiger partial charge in [0, 0.05) is 11.5 Å². The Bertz CT molecular complexity index is 647. The van der Waals surface area contributed by atoms with E-state index in [0.29, 0.717) is 5.75 Å². The van der Waals surface area contributed by atoms with E-state index in [9.17, 15) is 4.79 Å². The molecule has 0 saturated heterocycles. The molecular weight excluding hydrogens is 298 g/mol. The third kappa shape index (κ3) is 4.60. The summed E-state index contributed by atoms with van der Waals surface area (Å²) in [5.74, 6) is 0.625. The van der Waals surface area contributed by atoms with Crippen LogP contribution in [0.25, 0.3) is 0 Å². The van der Waals surface area contributed by atoms with Gasteiger partial charge < -0.3 is 10.1 Å². The van der Waals surface area contributed by atoms with Crippen LogP contribution < -0.4 is 10.1 Å². The molecule has 2 aromatic rings. The van der Waals surface area contributed by atoms with Gasteiger partial charge in [-0.1, -0.05) is 63.2 Å². The fourth-order valence-electron chi connectivity index (χ4n) is 2.56. The monoisotopic (exact) mass is 325 g/mol. The molecule has 0 heterocycles. The van der Waals surface area contributed by atoms with E-state index in [0.717, 1.165) is 6.42 Å². The Kier molecular flexibility index (Phi) is 6.02. The first kappa shape index (κ1) is 18.1. The van der Waals surface area contributed by atoms with Crippen molar-refractivity contribution in [2.24, 2.45) is 0 Å². The highest BCUT2D eigenvalue weighted by atomic mass is 16.5. The fraction of sp³-hybridized carbons (Fsp3) is 0.381. The number of carbonyl (C=O) groups is 1. The second-order valence-corrected chi connectivity index (χ2v) is 6.68. The first-order valence-corrected chi connectivity index (χ1v) is 8.51. The summed E-state index contributed by atoms with van der Waals surface area (Å²) in [5.41, 5.74) is 2.41. The van der Waals surface area contributed by atoms with Crippen molar-refractivity contribution in [2.45, 2.75) is 45.6 Å². The Hall–Kier alpha value is -2.29. The topological polar surface area (TPSA) is 38.3 Å². The maximum Gasteiger partial charge on any atom is 0.258 e. The maximum atomic E-state index is 11.8. The molecule has 0 aromatic heterocycles. The van der Waals surface area contributed by atoms with Gasteiger partial charge in [-0.3, -0.25) is 4.79 Å². The summed E-state index contributed by atoms with van der Waals surface area (Å²) in [6.07, 6.45) is 0.912. The quantitative estimate of drug-likeness (QED) is 0.824. The van der Waals surface area contributed by atoms with Gasteiger partial charge in [-0.15, -0.1) is 0 Å². The molecule has 0 unspecified atom stereocenters. The zero-order chi connectivity index (χ0) is 17.6. The van der Waals surface area contributed by atoms with Crippen LogP contribution in [0.5, 0.6) is 5.75 Å². The van der Waals surface area contributed by atoms with Crippen LogP contribution in [0.3, 0.4) is 0 Å². The summed E-state index contributed by atoms with van der Waals surface area (Å²) in [6.45, 7) is 8.48. The third-order valence-corrected chi connectivity index (χ3v) is 4.46. The molecule has 24 heavy (non-hydrogen) atoms. The van der Waals surface area contributed by atoms with E-state index in [1.54, 1.807) is 0 Å². The van der Waals surface area contributed by atoms with Crippen molar-refractivity contribution >= 4 is 5.91 Å². The van der Waals surface area contributed by atoms with Crippen molar-refractivity contribution in [2.75, 3.05) is 6.61 Å². The van der Waals surface area contributed by atoms with Gasteiger partial charge in [0.1, 0.15) is 5.75 Å². The predicted molar refractivity (Wildman–Crippen MR) is 98.4 cm³/mol. The van der Waals surface area contributed by atoms with Gasteiger partial charge >= 0.3 is 0 Å². The van der Waals surface area contributed by atoms with Crippen LogP contribution >= 0.6 is 0 Å². The minimum Gasteiger partial charge on any atom is -0.484 e. The van der Waals surface area contributed by atoms with E-state index < -0.39 is 0 Å². The number of rotatable bonds is 7. The van der Waals surface area contributed by atoms with Crippen LogP contribution in [-0.2, 0) is 10.2 Å². The molecule has 0 saturated carbocycles. The van der Waals surface area contributed by atoms with Gasteiger partial charge in [-0.25, -0.2) is 0 Å². The lowest BCUT2D eigenvalue weighted by molar-refractivity contribution is -0.123. The van der Waals surface area contributed by atoms with Crippen molar-refractivity contribution in [1.82, 2.24) is 5.32 Å². The van der Waals surface area contributed by atoms with Crippen molar-refractivity contribution in [1.29, 1.82) is 0 Å². The summed E-state index contributed by atoms with van der Waals surface area (Å²) in [5, 5.41) is 2.89. The molecule has 0 spiro atoms. The lowest BCUT2D eigenvalue weighted by atomic mass is 9.78. The Morgan fingerprint density at radius 1 is 1.04 bits per heavy atom. The van der Waals surface area contributed by atoms with Crippen LogP contribution in [0, 0.1) is 0 Å². The van der Waals surface area contributed by atoms with Crippen LogP contribution in [0.1, 0.15) is 45.2 Å². The molecule has 0 aliphatic rings. The maximum absolute atomic E-state index is 11.8. The van der Waals surface area contributed by atoms with Crippen molar-refractivity contribution in [3.8, 4) is 5.75 Å². The van der Waals surface area contributed by atoms with Gasteiger partial charge in [0.25, 0.3) is 5.91 Å². The summed E-state index contributed by atoms with van der Waals surface area (Å²) < 4.78 is 5.57. The van der Waals surface area contributed by atoms with Gasteiger partial charge in [-0.05, 0) is 36.6 Å². The molecule has 1 amide bonds. The smallest absolute Gasteiger partial charge is 0.258 e. The van der Waals surface area contributed by atoms with E-state index in [1.165, 1.54) is 11.1 Å². The number of ether oxygens (including phenoxy) is 1. The molecule has 0 radical (unpaired) electrons. The second kappa shape index (κ2) is 8.00. The van der Waals surface area contributed by atoms with Crippen molar-refractivity contribution in [3.05, 3.63) is 65.7 Å². The molecule has 2 aromatic carbocycles. The van der Waals surface area contributed by atoms with E-state index >= 15 is 0 Å². The summed E-state index contributed by atoms with van der Waals surface area (Å²) >= 11 is 0. The predicted octanol–water partition coefficient (Wildman–Crippen LogP) is 4.31. The molecule has 0 aliphatic heterocycles. The van der Waals surface area contributed by atoms with Crippen molar-refractivity contribution < 1.29 is 9.53 Å². The van der Waals surface area contributed by atoms with Crippen LogP contribution in [0.2, 0.25) is 0 Å². The molecule has 1 N–H and O–H groups in total. The van der Waals surface area contributed by atoms with E-state index in [-0.39, 0.29) is 24.0 Å². The Morgan fingerprint density at radius 2 is 1.62 bits per heavy atom. The van der Waals surface area contributed by atoms with Gasteiger partial charge in [0.2, 0.25) is 0 Å². The van der Waals surface area contributed by atoms with Gasteiger partial charge in [0.05, 0.1) is 0 Å². The molecule has 0 aliphatic carbocycles. The van der Waals surface area contributed by atoms with E-state index in [4.69, 9.17) is 4.74 Å². The largest absolute Gasteiger partial charge is 0.484 e. The average Bonchev–Trinajstić information content (AvgIpc) is 2.61. The number of hydrogen-bond acceptors (Lipinski definition) is 2. The SMILES string of the molecule is CC[C@@H](C)NC(=O)COc1ccc(C(C)(C)c2ccccc2)cc1. The second-order valence-electron chi connectivity index (χ2n) is 6.68. The third-order valence-electron chi connectivity index (χ3n) is 4.46. The minimum absolute atomic E-state index is 0.0474. The molecule has 3 heteroatoms. The number of hydrogen-bond donors (Lipinski definition) is 1. The van der Waals surface area contributed by atoms with E-state index in [2.05, 4.69) is 55.6 Å². The highest BCUT2D eigenvalue weighted by Gasteiger charge is 2.22. The molecule has 0 fully saturated rings. The molecule has 128 valence electrons. The van der Waals surface area contributed by atoms with Crippen molar-refractivity contribution in [3.63, 3.8) is 0 Å². The molecule has 0 bridgehead atoms. The summed E-state index contributed by atoms with van der Waals surface area (Å²) in [7, 11) is 0. The average molecular weight is 325 g/mol. The standard InChI is InChI=1S/C21H27NO2/c1-5-16(2)22-20(23)15-24-19-13-11-18(12-14-19)21(3,4)17-9-7-6-8-10-17/h6-14,16H,5,15H2,1-4H3,(H,22,23)/t16-/m1/s1. The van der Waals surface area contributed by atoms with Gasteiger partial charge in [0.15, 0.2) is 6.61 Å². The van der Waals surface area contributed by atoms with Gasteiger partial charge in [-0.2, -0.15) is 0 Å². The highest BCUT2D eigenvalue weighted by Crippen LogP contribution is 2.32. The lowest BCUT2D eigenvalue weighted by Crippen LogP contribution is -2.35. The lowest BCUT2D eigenvalue weighted by Gasteiger charge is -2.26. The van der Waals surface area contributed by atoms with E-state index in [1.807, 2.05) is 32.0 Å². The number of amides is 1. The Morgan fingerprint density at radius 3 is 2.21 bits per heavy atom. The zero-order valence-electron chi connectivity index (χ0n) is 15.0. The summed E-state index contributed by atoms with van der Waals surface area (Å²) in [4.78, 5) is 11.8. The highest BCUT2D eigenvalue weighted by molar-refractivity contribution is 5.77. The molecule has 2 rings (SSSR count). The summed E-state index contributed by atoms with van der Waals surface area (Å²) in [6, 6.07) is 18.6. The normalized spacial score (nSPS) is 12.5. The number of carbonyl (C=O) groups excluding carboxylic acids is 1. The first-order valence-electron chi connectivity index (χ1n) is 8.51. The molecule has 1 atom stereocenters. The molecular formula is C21H27NO2. The van der Waals surface area contributed by atoms with Crippen LogP contribution in [0.4, 0.5) is 0 Å². The molecule has 3 nitrogen and oxygen atoms in total. The van der Waals surface area contributed by atoms with Crippen LogP contribution in [-0.4, -0.2) is 18.6 Å². The Balaban J connectivity index is 1.99.